The van der Waals surface area contributed by atoms with E-state index in [1.165, 1.54) is 22.5 Å². The highest BCUT2D eigenvalue weighted by molar-refractivity contribution is 9.10. The SMILES string of the molecule is CCCN(C1CCNC1)S(=O)(=O)c1cccc(Br)c1F.Cl. The summed E-state index contributed by atoms with van der Waals surface area (Å²) in [5, 5.41) is 3.15. The molecule has 1 saturated heterocycles. The van der Waals surface area contributed by atoms with Crippen molar-refractivity contribution in [3.8, 4) is 0 Å². The minimum atomic E-state index is -3.81. The average molecular weight is 402 g/mol. The first-order valence-corrected chi connectivity index (χ1v) is 8.88. The van der Waals surface area contributed by atoms with E-state index < -0.39 is 15.8 Å². The zero-order valence-corrected chi connectivity index (χ0v) is 14.9. The molecule has 1 unspecified atom stereocenters. The predicted octanol–water partition coefficient (Wildman–Crippen LogP) is 2.77. The van der Waals surface area contributed by atoms with Gasteiger partial charge in [-0.25, -0.2) is 12.8 Å². The van der Waals surface area contributed by atoms with Gasteiger partial charge in [-0.05, 0) is 47.4 Å². The third-order valence-electron chi connectivity index (χ3n) is 3.39. The maximum absolute atomic E-state index is 14.1. The number of hydrogen-bond donors (Lipinski definition) is 1. The quantitative estimate of drug-likeness (QED) is 0.825. The fraction of sp³-hybridized carbons (Fsp3) is 0.538. The Bertz CT molecular complexity index is 580. The Hall–Kier alpha value is -0.210. The lowest BCUT2D eigenvalue weighted by Gasteiger charge is -2.27. The molecule has 1 aromatic carbocycles. The normalized spacial score (nSPS) is 18.8. The van der Waals surface area contributed by atoms with Crippen LogP contribution in [0.25, 0.3) is 0 Å². The third kappa shape index (κ3) is 3.96. The van der Waals surface area contributed by atoms with Crippen LogP contribution in [0.2, 0.25) is 0 Å². The molecule has 4 nitrogen and oxygen atoms in total. The molecule has 120 valence electrons. The minimum absolute atomic E-state index is 0. The molecule has 1 heterocycles. The van der Waals surface area contributed by atoms with Gasteiger partial charge in [0.2, 0.25) is 10.0 Å². The van der Waals surface area contributed by atoms with E-state index in [0.717, 1.165) is 13.0 Å². The second-order valence-electron chi connectivity index (χ2n) is 4.81. The molecule has 0 spiro atoms. The molecule has 1 atom stereocenters. The van der Waals surface area contributed by atoms with E-state index in [1.807, 2.05) is 6.92 Å². The first-order chi connectivity index (χ1) is 9.48. The summed E-state index contributed by atoms with van der Waals surface area (Å²) in [5.41, 5.74) is 0. The van der Waals surface area contributed by atoms with Gasteiger partial charge < -0.3 is 5.32 Å². The average Bonchev–Trinajstić information content (AvgIpc) is 2.92. The Morgan fingerprint density at radius 1 is 1.48 bits per heavy atom. The molecule has 21 heavy (non-hydrogen) atoms. The van der Waals surface area contributed by atoms with Crippen molar-refractivity contribution < 1.29 is 12.8 Å². The summed E-state index contributed by atoms with van der Waals surface area (Å²) < 4.78 is 41.2. The lowest BCUT2D eigenvalue weighted by Crippen LogP contribution is -2.42. The van der Waals surface area contributed by atoms with Crippen LogP contribution in [0.1, 0.15) is 19.8 Å². The number of benzene rings is 1. The van der Waals surface area contributed by atoms with Crippen molar-refractivity contribution in [1.29, 1.82) is 0 Å². The fourth-order valence-electron chi connectivity index (χ4n) is 2.41. The highest BCUT2D eigenvalue weighted by Gasteiger charge is 2.34. The minimum Gasteiger partial charge on any atom is -0.315 e. The van der Waals surface area contributed by atoms with Gasteiger partial charge in [-0.15, -0.1) is 12.4 Å². The van der Waals surface area contributed by atoms with Crippen LogP contribution >= 0.6 is 28.3 Å². The Morgan fingerprint density at radius 2 is 2.19 bits per heavy atom. The Kier molecular flexibility index (Phi) is 7.06. The molecule has 0 saturated carbocycles. The van der Waals surface area contributed by atoms with Crippen LogP contribution in [0, 0.1) is 5.82 Å². The molecule has 0 aliphatic carbocycles. The second-order valence-corrected chi connectivity index (χ2v) is 7.53. The van der Waals surface area contributed by atoms with E-state index in [0.29, 0.717) is 19.5 Å². The summed E-state index contributed by atoms with van der Waals surface area (Å²) in [7, 11) is -3.81. The van der Waals surface area contributed by atoms with Crippen LogP contribution in [0.5, 0.6) is 0 Å². The zero-order chi connectivity index (χ0) is 14.8. The maximum Gasteiger partial charge on any atom is 0.246 e. The zero-order valence-electron chi connectivity index (χ0n) is 11.7. The molecule has 2 rings (SSSR count). The van der Waals surface area contributed by atoms with Crippen molar-refractivity contribution >= 4 is 38.4 Å². The maximum atomic E-state index is 14.1. The van der Waals surface area contributed by atoms with Crippen molar-refractivity contribution in [1.82, 2.24) is 9.62 Å². The standard InChI is InChI=1S/C13H18BrFN2O2S.ClH/c1-2-8-17(10-6-7-16-9-10)20(18,19)12-5-3-4-11(14)13(12)15;/h3-5,10,16H,2,6-9H2,1H3;1H. The molecule has 0 amide bonds. The van der Waals surface area contributed by atoms with Gasteiger partial charge in [-0.2, -0.15) is 4.31 Å². The van der Waals surface area contributed by atoms with E-state index in [2.05, 4.69) is 21.2 Å². The van der Waals surface area contributed by atoms with Gasteiger partial charge >= 0.3 is 0 Å². The Labute approximate surface area is 139 Å². The predicted molar refractivity (Wildman–Crippen MR) is 86.8 cm³/mol. The third-order valence-corrected chi connectivity index (χ3v) is 5.97. The van der Waals surface area contributed by atoms with Gasteiger partial charge in [0.1, 0.15) is 4.90 Å². The first kappa shape index (κ1) is 18.8. The number of nitrogens with zero attached hydrogens (tertiary/aromatic N) is 1. The number of hydrogen-bond acceptors (Lipinski definition) is 3. The van der Waals surface area contributed by atoms with Crippen LogP contribution in [0.3, 0.4) is 0 Å². The molecular weight excluding hydrogens is 383 g/mol. The van der Waals surface area contributed by atoms with E-state index in [1.54, 1.807) is 0 Å². The van der Waals surface area contributed by atoms with Crippen LogP contribution in [-0.4, -0.2) is 38.4 Å². The van der Waals surface area contributed by atoms with Gasteiger partial charge in [0.15, 0.2) is 5.82 Å². The summed E-state index contributed by atoms with van der Waals surface area (Å²) in [6.07, 6.45) is 1.46. The summed E-state index contributed by atoms with van der Waals surface area (Å²) in [4.78, 5) is -0.257. The van der Waals surface area contributed by atoms with E-state index in [4.69, 9.17) is 0 Å². The second kappa shape index (κ2) is 7.87. The van der Waals surface area contributed by atoms with E-state index in [9.17, 15) is 12.8 Å². The van der Waals surface area contributed by atoms with Gasteiger partial charge in [0.05, 0.1) is 4.47 Å². The smallest absolute Gasteiger partial charge is 0.246 e. The lowest BCUT2D eigenvalue weighted by molar-refractivity contribution is 0.333. The largest absolute Gasteiger partial charge is 0.315 e. The van der Waals surface area contributed by atoms with Crippen molar-refractivity contribution in [2.45, 2.75) is 30.7 Å². The van der Waals surface area contributed by atoms with Crippen LogP contribution in [0.4, 0.5) is 4.39 Å². The molecule has 8 heteroatoms. The number of rotatable bonds is 5. The Balaban J connectivity index is 0.00000220. The molecule has 1 aliphatic heterocycles. The fourth-order valence-corrected chi connectivity index (χ4v) is 4.75. The molecular formula is C13H19BrClFN2O2S. The topological polar surface area (TPSA) is 49.4 Å². The van der Waals surface area contributed by atoms with Gasteiger partial charge in [-0.3, -0.25) is 0 Å². The number of sulfonamides is 1. The summed E-state index contributed by atoms with van der Waals surface area (Å²) in [6.45, 7) is 3.74. The summed E-state index contributed by atoms with van der Waals surface area (Å²) in [5.74, 6) is -0.723. The van der Waals surface area contributed by atoms with Crippen molar-refractivity contribution in [3.05, 3.63) is 28.5 Å². The van der Waals surface area contributed by atoms with Gasteiger partial charge in [-0.1, -0.05) is 13.0 Å². The summed E-state index contributed by atoms with van der Waals surface area (Å²) >= 11 is 3.04. The van der Waals surface area contributed by atoms with Gasteiger partial charge in [0.25, 0.3) is 0 Å². The van der Waals surface area contributed by atoms with E-state index >= 15 is 0 Å². The molecule has 1 N–H and O–H groups in total. The summed E-state index contributed by atoms with van der Waals surface area (Å²) in [6, 6.07) is 4.26. The molecule has 1 fully saturated rings. The molecule has 0 radical (unpaired) electrons. The molecule has 0 aromatic heterocycles. The van der Waals surface area contributed by atoms with Gasteiger partial charge in [0, 0.05) is 19.1 Å². The van der Waals surface area contributed by atoms with E-state index in [-0.39, 0.29) is 27.8 Å². The molecule has 1 aliphatic rings. The lowest BCUT2D eigenvalue weighted by atomic mass is 10.2. The van der Waals surface area contributed by atoms with Crippen LogP contribution < -0.4 is 5.32 Å². The highest BCUT2D eigenvalue weighted by atomic mass is 79.9. The van der Waals surface area contributed by atoms with Crippen LogP contribution in [0.15, 0.2) is 27.6 Å². The molecule has 0 bridgehead atoms. The number of halogens is 3. The molecule has 1 aromatic rings. The first-order valence-electron chi connectivity index (χ1n) is 6.65. The van der Waals surface area contributed by atoms with Crippen molar-refractivity contribution in [2.75, 3.05) is 19.6 Å². The van der Waals surface area contributed by atoms with Crippen LogP contribution in [-0.2, 0) is 10.0 Å². The highest BCUT2D eigenvalue weighted by Crippen LogP contribution is 2.27. The Morgan fingerprint density at radius 3 is 2.76 bits per heavy atom. The van der Waals surface area contributed by atoms with Crippen molar-refractivity contribution in [2.24, 2.45) is 0 Å². The monoisotopic (exact) mass is 400 g/mol. The number of nitrogens with one attached hydrogen (secondary N) is 1. The van der Waals surface area contributed by atoms with Crippen molar-refractivity contribution in [3.63, 3.8) is 0 Å².